The van der Waals surface area contributed by atoms with E-state index in [2.05, 4.69) is 28.9 Å². The van der Waals surface area contributed by atoms with Gasteiger partial charge in [0.2, 0.25) is 0 Å². The van der Waals surface area contributed by atoms with Gasteiger partial charge in [-0.25, -0.2) is 0 Å². The average Bonchev–Trinajstić information content (AvgIpc) is 2.61. The van der Waals surface area contributed by atoms with Gasteiger partial charge in [0.05, 0.1) is 20.1 Å². The first-order chi connectivity index (χ1) is 7.09. The van der Waals surface area contributed by atoms with Crippen molar-refractivity contribution in [1.29, 1.82) is 0 Å². The first-order valence-corrected chi connectivity index (χ1v) is 6.10. The molecule has 1 saturated heterocycles. The smallest absolute Gasteiger partial charge is 0.307 e. The molecule has 0 radical (unpaired) electrons. The van der Waals surface area contributed by atoms with E-state index in [1.807, 2.05) is 0 Å². The maximum absolute atomic E-state index is 10.9. The van der Waals surface area contributed by atoms with Gasteiger partial charge in [-0.1, -0.05) is 18.7 Å². The van der Waals surface area contributed by atoms with E-state index in [0.717, 1.165) is 17.3 Å². The van der Waals surface area contributed by atoms with Crippen molar-refractivity contribution in [3.8, 4) is 0 Å². The molecule has 0 aliphatic carbocycles. The lowest BCUT2D eigenvalue weighted by molar-refractivity contribution is -0.140. The fourth-order valence-electron chi connectivity index (χ4n) is 1.18. The number of nitrogens with one attached hydrogen (secondary N) is 1. The molecule has 1 heterocycles. The third kappa shape index (κ3) is 3.74. The van der Waals surface area contributed by atoms with E-state index in [4.69, 9.17) is 0 Å². The van der Waals surface area contributed by atoms with E-state index in [1.165, 1.54) is 7.11 Å². The molecule has 1 N–H and O–H groups in total. The first kappa shape index (κ1) is 12.4. The third-order valence-electron chi connectivity index (χ3n) is 2.52. The number of carbonyl (C=O) groups excluding carboxylic acids is 1. The number of hydrogen-bond acceptors (Lipinski definition) is 4. The molecule has 5 heteroatoms. The van der Waals surface area contributed by atoms with Gasteiger partial charge < -0.3 is 10.1 Å². The predicted octanol–water partition coefficient (Wildman–Crippen LogP) is 1.41. The molecule has 1 fully saturated rings. The van der Waals surface area contributed by atoms with Crippen molar-refractivity contribution in [2.75, 3.05) is 19.4 Å². The molecule has 0 amide bonds. The highest BCUT2D eigenvalue weighted by Gasteiger charge is 2.30. The van der Waals surface area contributed by atoms with E-state index >= 15 is 0 Å². The summed E-state index contributed by atoms with van der Waals surface area (Å²) in [6.45, 7) is 4.84. The number of carbonyl (C=O) groups is 1. The number of amidine groups is 1. The van der Waals surface area contributed by atoms with Gasteiger partial charge in [-0.05, 0) is 13.3 Å². The minimum atomic E-state index is -0.208. The fraction of sp³-hybridized carbons (Fsp3) is 0.800. The number of esters is 1. The molecule has 0 aromatic carbocycles. The Hall–Kier alpha value is -0.710. The summed E-state index contributed by atoms with van der Waals surface area (Å²) in [4.78, 5) is 15.2. The Bertz CT molecular complexity index is 268. The summed E-state index contributed by atoms with van der Waals surface area (Å²) in [5, 5.41) is 4.32. The monoisotopic (exact) mass is 230 g/mol. The van der Waals surface area contributed by atoms with Crippen molar-refractivity contribution in [1.82, 2.24) is 5.32 Å². The van der Waals surface area contributed by atoms with Crippen LogP contribution in [-0.2, 0) is 9.53 Å². The Morgan fingerprint density at radius 2 is 2.47 bits per heavy atom. The van der Waals surface area contributed by atoms with E-state index in [-0.39, 0.29) is 11.5 Å². The maximum Gasteiger partial charge on any atom is 0.307 e. The van der Waals surface area contributed by atoms with Crippen molar-refractivity contribution in [3.05, 3.63) is 0 Å². The quantitative estimate of drug-likeness (QED) is 0.742. The summed E-state index contributed by atoms with van der Waals surface area (Å²) in [5.74, 6) is 0.834. The van der Waals surface area contributed by atoms with Gasteiger partial charge >= 0.3 is 5.97 Å². The lowest BCUT2D eigenvalue weighted by atomic mass is 10.0. The van der Waals surface area contributed by atoms with Crippen LogP contribution in [0, 0.1) is 0 Å². The molecule has 4 nitrogen and oxygen atoms in total. The van der Waals surface area contributed by atoms with Crippen molar-refractivity contribution in [2.45, 2.75) is 32.2 Å². The van der Waals surface area contributed by atoms with Gasteiger partial charge in [0.1, 0.15) is 0 Å². The van der Waals surface area contributed by atoms with Crippen LogP contribution in [0.3, 0.4) is 0 Å². The van der Waals surface area contributed by atoms with Crippen LogP contribution in [0.4, 0.5) is 0 Å². The van der Waals surface area contributed by atoms with Gasteiger partial charge in [0.15, 0.2) is 5.17 Å². The van der Waals surface area contributed by atoms with E-state index in [1.54, 1.807) is 11.8 Å². The minimum absolute atomic E-state index is 0.161. The molecule has 0 saturated carbocycles. The van der Waals surface area contributed by atoms with Crippen LogP contribution in [0.15, 0.2) is 4.99 Å². The Kier molecular flexibility index (Phi) is 4.45. The molecule has 0 aromatic heterocycles. The van der Waals surface area contributed by atoms with Crippen LogP contribution in [0.5, 0.6) is 0 Å². The van der Waals surface area contributed by atoms with Crippen LogP contribution in [0.2, 0.25) is 0 Å². The van der Waals surface area contributed by atoms with Gasteiger partial charge in [-0.15, -0.1) is 0 Å². The number of methoxy groups -OCH3 is 1. The Morgan fingerprint density at radius 3 is 3.00 bits per heavy atom. The standard InChI is InChI=1S/C10H18N2O2S/c1-4-10(2)7-15-9(12-10)11-6-5-8(13)14-3/h4-7H2,1-3H3,(H,11,12). The minimum Gasteiger partial charge on any atom is -0.469 e. The van der Waals surface area contributed by atoms with Crippen molar-refractivity contribution >= 4 is 22.9 Å². The lowest BCUT2D eigenvalue weighted by Gasteiger charge is -2.20. The number of nitrogens with zero attached hydrogens (tertiary/aromatic N) is 1. The highest BCUT2D eigenvalue weighted by molar-refractivity contribution is 8.14. The number of ether oxygens (including phenoxy) is 1. The summed E-state index contributed by atoms with van der Waals surface area (Å²) in [6.07, 6.45) is 1.43. The van der Waals surface area contributed by atoms with Gasteiger partial charge in [-0.2, -0.15) is 0 Å². The van der Waals surface area contributed by atoms with Gasteiger partial charge in [0.25, 0.3) is 0 Å². The predicted molar refractivity (Wildman–Crippen MR) is 63.2 cm³/mol. The number of rotatable bonds is 4. The van der Waals surface area contributed by atoms with E-state index in [0.29, 0.717) is 13.0 Å². The Morgan fingerprint density at radius 1 is 1.73 bits per heavy atom. The fourth-order valence-corrected chi connectivity index (χ4v) is 2.42. The molecule has 1 rings (SSSR count). The van der Waals surface area contributed by atoms with Crippen LogP contribution in [0.25, 0.3) is 0 Å². The lowest BCUT2D eigenvalue weighted by Crippen LogP contribution is -2.39. The molecular formula is C10H18N2O2S. The summed E-state index contributed by atoms with van der Waals surface area (Å²) in [7, 11) is 1.40. The molecule has 1 aliphatic heterocycles. The molecule has 86 valence electrons. The number of hydrogen-bond donors (Lipinski definition) is 1. The zero-order valence-electron chi connectivity index (χ0n) is 9.50. The number of thioether (sulfide) groups is 1. The molecule has 0 spiro atoms. The molecule has 1 atom stereocenters. The third-order valence-corrected chi connectivity index (χ3v) is 3.80. The van der Waals surface area contributed by atoms with E-state index in [9.17, 15) is 4.79 Å². The van der Waals surface area contributed by atoms with Crippen molar-refractivity contribution in [3.63, 3.8) is 0 Å². The molecule has 0 bridgehead atoms. The summed E-state index contributed by atoms with van der Waals surface area (Å²) in [5.41, 5.74) is 0.161. The Balaban J connectivity index is 2.34. The van der Waals surface area contributed by atoms with Gasteiger partial charge in [0, 0.05) is 11.3 Å². The second-order valence-electron chi connectivity index (χ2n) is 3.84. The molecule has 0 aromatic rings. The molecule has 1 aliphatic rings. The van der Waals surface area contributed by atoms with Crippen molar-refractivity contribution < 1.29 is 9.53 Å². The largest absolute Gasteiger partial charge is 0.469 e. The summed E-state index contributed by atoms with van der Waals surface area (Å²) in [6, 6.07) is 0. The number of aliphatic imine (C=N–C) groups is 1. The molecular weight excluding hydrogens is 212 g/mol. The van der Waals surface area contributed by atoms with Crippen LogP contribution in [-0.4, -0.2) is 36.1 Å². The average molecular weight is 230 g/mol. The molecule has 15 heavy (non-hydrogen) atoms. The van der Waals surface area contributed by atoms with Crippen molar-refractivity contribution in [2.24, 2.45) is 4.99 Å². The highest BCUT2D eigenvalue weighted by atomic mass is 32.2. The topological polar surface area (TPSA) is 50.7 Å². The zero-order valence-corrected chi connectivity index (χ0v) is 10.3. The van der Waals surface area contributed by atoms with E-state index < -0.39 is 0 Å². The zero-order chi connectivity index (χ0) is 11.3. The second kappa shape index (κ2) is 5.39. The van der Waals surface area contributed by atoms with Gasteiger partial charge in [-0.3, -0.25) is 9.79 Å². The normalized spacial score (nSPS) is 27.8. The van der Waals surface area contributed by atoms with Crippen LogP contribution in [0.1, 0.15) is 26.7 Å². The summed E-state index contributed by atoms with van der Waals surface area (Å²) < 4.78 is 4.54. The molecule has 1 unspecified atom stereocenters. The maximum atomic E-state index is 10.9. The van der Waals surface area contributed by atoms with Crippen LogP contribution >= 0.6 is 11.8 Å². The van der Waals surface area contributed by atoms with Crippen LogP contribution < -0.4 is 5.32 Å². The Labute approximate surface area is 94.9 Å². The highest BCUT2D eigenvalue weighted by Crippen LogP contribution is 2.25. The summed E-state index contributed by atoms with van der Waals surface area (Å²) >= 11 is 1.72. The first-order valence-electron chi connectivity index (χ1n) is 5.12. The SMILES string of the molecule is CCC1(C)CSC(=NCCC(=O)OC)N1. The second-order valence-corrected chi connectivity index (χ2v) is 4.80.